The molecule has 108 valence electrons. The third-order valence-corrected chi connectivity index (χ3v) is 4.32. The molecule has 0 saturated carbocycles. The standard InChI is InChI=1S/C15H19NO3S/c1-19-12-7-9-16(10-8-12)15(18)14-6-5-13(20-14)4-2-3-11-17/h5-6,12,17H,3,7-11H2,1H3. The van der Waals surface area contributed by atoms with Gasteiger partial charge in [0.05, 0.1) is 22.5 Å². The molecule has 2 heterocycles. The molecule has 2 rings (SSSR count). The number of rotatable bonds is 3. The Bertz CT molecular complexity index is 507. The molecule has 0 spiro atoms. The molecule has 1 amide bonds. The van der Waals surface area contributed by atoms with Gasteiger partial charge in [0.25, 0.3) is 5.91 Å². The van der Waals surface area contributed by atoms with Crippen molar-refractivity contribution in [3.05, 3.63) is 21.9 Å². The second-order valence-corrected chi connectivity index (χ2v) is 5.75. The van der Waals surface area contributed by atoms with Gasteiger partial charge in [0.2, 0.25) is 0 Å². The topological polar surface area (TPSA) is 49.8 Å². The van der Waals surface area contributed by atoms with Crippen LogP contribution in [0.25, 0.3) is 0 Å². The summed E-state index contributed by atoms with van der Waals surface area (Å²) in [6.07, 6.45) is 2.54. The molecule has 0 radical (unpaired) electrons. The molecule has 0 aliphatic carbocycles. The lowest BCUT2D eigenvalue weighted by atomic mass is 10.1. The zero-order valence-corrected chi connectivity index (χ0v) is 12.4. The van der Waals surface area contributed by atoms with Crippen molar-refractivity contribution in [3.8, 4) is 11.8 Å². The van der Waals surface area contributed by atoms with Crippen LogP contribution in [0.15, 0.2) is 12.1 Å². The fourth-order valence-corrected chi connectivity index (χ4v) is 3.02. The number of hydrogen-bond acceptors (Lipinski definition) is 4. The van der Waals surface area contributed by atoms with Crippen molar-refractivity contribution in [2.24, 2.45) is 0 Å². The van der Waals surface area contributed by atoms with E-state index >= 15 is 0 Å². The molecular formula is C15H19NO3S. The van der Waals surface area contributed by atoms with Gasteiger partial charge in [0.15, 0.2) is 0 Å². The average Bonchev–Trinajstić information content (AvgIpc) is 2.96. The monoisotopic (exact) mass is 293 g/mol. The lowest BCUT2D eigenvalue weighted by Crippen LogP contribution is -2.40. The van der Waals surface area contributed by atoms with Crippen LogP contribution in [0.3, 0.4) is 0 Å². The molecule has 0 bridgehead atoms. The molecule has 0 unspecified atom stereocenters. The van der Waals surface area contributed by atoms with Gasteiger partial charge in [-0.25, -0.2) is 0 Å². The smallest absolute Gasteiger partial charge is 0.263 e. The highest BCUT2D eigenvalue weighted by Crippen LogP contribution is 2.20. The quantitative estimate of drug-likeness (QED) is 0.864. The van der Waals surface area contributed by atoms with Crippen LogP contribution < -0.4 is 0 Å². The second-order valence-electron chi connectivity index (χ2n) is 4.67. The number of hydrogen-bond donors (Lipinski definition) is 1. The number of nitrogens with zero attached hydrogens (tertiary/aromatic N) is 1. The number of thiophene rings is 1. The van der Waals surface area contributed by atoms with Gasteiger partial charge >= 0.3 is 0 Å². The van der Waals surface area contributed by atoms with E-state index in [9.17, 15) is 4.79 Å². The van der Waals surface area contributed by atoms with Crippen molar-refractivity contribution < 1.29 is 14.6 Å². The first-order valence-corrected chi connectivity index (χ1v) is 7.58. The zero-order valence-electron chi connectivity index (χ0n) is 11.6. The Hall–Kier alpha value is -1.35. The highest BCUT2D eigenvalue weighted by atomic mass is 32.1. The molecule has 1 aromatic rings. The minimum Gasteiger partial charge on any atom is -0.395 e. The number of carbonyl (C=O) groups is 1. The fraction of sp³-hybridized carbons (Fsp3) is 0.533. The van der Waals surface area contributed by atoms with Crippen LogP contribution in [0, 0.1) is 11.8 Å². The van der Waals surface area contributed by atoms with E-state index in [0.717, 1.165) is 35.7 Å². The molecule has 4 nitrogen and oxygen atoms in total. The minimum atomic E-state index is 0.0681. The number of methoxy groups -OCH3 is 1. The highest BCUT2D eigenvalue weighted by molar-refractivity contribution is 7.14. The number of piperidine rings is 1. The van der Waals surface area contributed by atoms with Gasteiger partial charge in [-0.1, -0.05) is 11.8 Å². The maximum atomic E-state index is 12.3. The average molecular weight is 293 g/mol. The number of ether oxygens (including phenoxy) is 1. The number of likely N-dealkylation sites (tertiary alicyclic amines) is 1. The maximum Gasteiger partial charge on any atom is 0.263 e. The van der Waals surface area contributed by atoms with Gasteiger partial charge in [0, 0.05) is 26.6 Å². The van der Waals surface area contributed by atoms with E-state index < -0.39 is 0 Å². The van der Waals surface area contributed by atoms with Crippen LogP contribution >= 0.6 is 11.3 Å². The number of aliphatic hydroxyl groups is 1. The van der Waals surface area contributed by atoms with Crippen molar-refractivity contribution in [2.45, 2.75) is 25.4 Å². The van der Waals surface area contributed by atoms with Gasteiger partial charge in [-0.05, 0) is 25.0 Å². The predicted octanol–water partition coefficient (Wildman–Crippen LogP) is 1.73. The van der Waals surface area contributed by atoms with Gasteiger partial charge in [-0.15, -0.1) is 11.3 Å². The molecule has 0 atom stereocenters. The molecule has 1 fully saturated rings. The summed E-state index contributed by atoms with van der Waals surface area (Å²) in [5.74, 6) is 5.91. The number of amides is 1. The summed E-state index contributed by atoms with van der Waals surface area (Å²) in [5, 5.41) is 8.68. The van der Waals surface area contributed by atoms with E-state index in [1.54, 1.807) is 7.11 Å². The third kappa shape index (κ3) is 3.83. The molecule has 1 aliphatic rings. The zero-order chi connectivity index (χ0) is 14.4. The van der Waals surface area contributed by atoms with Gasteiger partial charge in [0.1, 0.15) is 0 Å². The Balaban J connectivity index is 1.95. The van der Waals surface area contributed by atoms with Crippen LogP contribution in [0.2, 0.25) is 0 Å². The molecule has 1 saturated heterocycles. The van der Waals surface area contributed by atoms with Crippen molar-refractivity contribution in [1.29, 1.82) is 0 Å². The van der Waals surface area contributed by atoms with Crippen LogP contribution in [0.5, 0.6) is 0 Å². The summed E-state index contributed by atoms with van der Waals surface area (Å²) < 4.78 is 5.31. The predicted molar refractivity (Wildman–Crippen MR) is 78.8 cm³/mol. The second kappa shape index (κ2) is 7.44. The van der Waals surface area contributed by atoms with E-state index in [-0.39, 0.29) is 18.6 Å². The Labute approximate surface area is 123 Å². The van der Waals surface area contributed by atoms with Crippen molar-refractivity contribution in [3.63, 3.8) is 0 Å². The summed E-state index contributed by atoms with van der Waals surface area (Å²) in [6.45, 7) is 1.57. The van der Waals surface area contributed by atoms with Crippen LogP contribution in [-0.2, 0) is 4.74 Å². The Morgan fingerprint density at radius 3 is 2.90 bits per heavy atom. The molecular weight excluding hydrogens is 274 g/mol. The highest BCUT2D eigenvalue weighted by Gasteiger charge is 2.24. The summed E-state index contributed by atoms with van der Waals surface area (Å²) >= 11 is 1.41. The Kier molecular flexibility index (Phi) is 5.60. The van der Waals surface area contributed by atoms with Crippen molar-refractivity contribution in [1.82, 2.24) is 4.90 Å². The van der Waals surface area contributed by atoms with Crippen molar-refractivity contribution >= 4 is 17.2 Å². The Morgan fingerprint density at radius 1 is 1.50 bits per heavy atom. The van der Waals surface area contributed by atoms with Crippen LogP contribution in [0.1, 0.15) is 33.8 Å². The summed E-state index contributed by atoms with van der Waals surface area (Å²) in [4.78, 5) is 15.8. The van der Waals surface area contributed by atoms with E-state index in [1.165, 1.54) is 11.3 Å². The largest absolute Gasteiger partial charge is 0.395 e. The van der Waals surface area contributed by atoms with E-state index in [2.05, 4.69) is 11.8 Å². The maximum absolute atomic E-state index is 12.3. The number of carbonyl (C=O) groups excluding carboxylic acids is 1. The minimum absolute atomic E-state index is 0.0681. The SMILES string of the molecule is COC1CCN(C(=O)c2ccc(C#CCCO)s2)CC1. The third-order valence-electron chi connectivity index (χ3n) is 3.33. The summed E-state index contributed by atoms with van der Waals surface area (Å²) in [5.41, 5.74) is 0. The summed E-state index contributed by atoms with van der Waals surface area (Å²) in [7, 11) is 1.72. The fourth-order valence-electron chi connectivity index (χ4n) is 2.18. The molecule has 20 heavy (non-hydrogen) atoms. The van der Waals surface area contributed by atoms with Crippen LogP contribution in [-0.4, -0.2) is 48.8 Å². The molecule has 1 aromatic heterocycles. The first-order chi connectivity index (χ1) is 9.74. The normalized spacial score (nSPS) is 15.8. The van der Waals surface area contributed by atoms with Gasteiger partial charge < -0.3 is 14.7 Å². The van der Waals surface area contributed by atoms with Gasteiger partial charge in [-0.3, -0.25) is 4.79 Å². The lowest BCUT2D eigenvalue weighted by molar-refractivity contribution is 0.0353. The lowest BCUT2D eigenvalue weighted by Gasteiger charge is -2.30. The summed E-state index contributed by atoms with van der Waals surface area (Å²) in [6, 6.07) is 3.70. The molecule has 5 heteroatoms. The molecule has 1 aliphatic heterocycles. The first-order valence-electron chi connectivity index (χ1n) is 6.76. The van der Waals surface area contributed by atoms with Crippen LogP contribution in [0.4, 0.5) is 0 Å². The first kappa shape index (κ1) is 15.0. The Morgan fingerprint density at radius 2 is 2.25 bits per heavy atom. The van der Waals surface area contributed by atoms with Crippen molar-refractivity contribution in [2.75, 3.05) is 26.8 Å². The molecule has 1 N–H and O–H groups in total. The van der Waals surface area contributed by atoms with Gasteiger partial charge in [-0.2, -0.15) is 0 Å². The number of aliphatic hydroxyl groups excluding tert-OH is 1. The van der Waals surface area contributed by atoms with E-state index in [0.29, 0.717) is 6.42 Å². The van der Waals surface area contributed by atoms with E-state index in [4.69, 9.17) is 9.84 Å². The molecule has 0 aromatic carbocycles. The van der Waals surface area contributed by atoms with E-state index in [1.807, 2.05) is 17.0 Å².